The molecule has 3 aromatic rings. The number of benzene rings is 2. The number of amides is 1. The minimum atomic E-state index is -3.62. The van der Waals surface area contributed by atoms with Crippen molar-refractivity contribution in [3.05, 3.63) is 64.0 Å². The largest absolute Gasteiger partial charge is 0.497 e. The molecule has 30 heavy (non-hydrogen) atoms. The molecule has 0 bridgehead atoms. The standard InChI is InChI=1S/C19H17N3O6S2/c1-28-15-5-7-16(8-6-15)30(26,27)10-9-18(23)21-19-20-17(12-29-19)13-3-2-4-14(11-13)22(24)25/h2-8,11-12H,9-10H2,1H3,(H,20,21,23). The van der Waals surface area contributed by atoms with Crippen molar-refractivity contribution in [1.82, 2.24) is 4.98 Å². The molecule has 1 amide bonds. The van der Waals surface area contributed by atoms with Crippen LogP contribution in [0.3, 0.4) is 0 Å². The number of carbonyl (C=O) groups excluding carboxylic acids is 1. The van der Waals surface area contributed by atoms with Gasteiger partial charge in [0.1, 0.15) is 5.75 Å². The molecule has 156 valence electrons. The van der Waals surface area contributed by atoms with E-state index in [2.05, 4.69) is 10.3 Å². The number of hydrogen-bond acceptors (Lipinski definition) is 8. The van der Waals surface area contributed by atoms with Crippen molar-refractivity contribution >= 4 is 37.9 Å². The molecule has 0 radical (unpaired) electrons. The summed E-state index contributed by atoms with van der Waals surface area (Å²) < 4.78 is 29.8. The Hall–Kier alpha value is -3.31. The Kier molecular flexibility index (Phi) is 6.43. The fraction of sp³-hybridized carbons (Fsp3) is 0.158. The first-order chi connectivity index (χ1) is 14.3. The Morgan fingerprint density at radius 1 is 1.23 bits per heavy atom. The maximum absolute atomic E-state index is 12.4. The molecule has 0 aliphatic carbocycles. The van der Waals surface area contributed by atoms with Crippen molar-refractivity contribution in [3.8, 4) is 17.0 Å². The Morgan fingerprint density at radius 3 is 2.63 bits per heavy atom. The van der Waals surface area contributed by atoms with Gasteiger partial charge in [-0.2, -0.15) is 0 Å². The van der Waals surface area contributed by atoms with Gasteiger partial charge in [-0.3, -0.25) is 14.9 Å². The zero-order chi connectivity index (χ0) is 21.7. The second-order valence-electron chi connectivity index (χ2n) is 6.14. The summed E-state index contributed by atoms with van der Waals surface area (Å²) in [7, 11) is -2.14. The first-order valence-corrected chi connectivity index (χ1v) is 11.2. The highest BCUT2D eigenvalue weighted by Gasteiger charge is 2.18. The minimum Gasteiger partial charge on any atom is -0.497 e. The van der Waals surface area contributed by atoms with Crippen LogP contribution in [0.5, 0.6) is 5.75 Å². The number of non-ortho nitro benzene ring substituents is 1. The molecule has 0 saturated heterocycles. The second kappa shape index (κ2) is 9.01. The van der Waals surface area contributed by atoms with Gasteiger partial charge in [0, 0.05) is 29.5 Å². The lowest BCUT2D eigenvalue weighted by Crippen LogP contribution is -2.17. The Labute approximate surface area is 176 Å². The summed E-state index contributed by atoms with van der Waals surface area (Å²) in [6, 6.07) is 11.9. The van der Waals surface area contributed by atoms with Crippen molar-refractivity contribution in [3.63, 3.8) is 0 Å². The van der Waals surface area contributed by atoms with Gasteiger partial charge in [0.2, 0.25) is 5.91 Å². The van der Waals surface area contributed by atoms with E-state index in [0.29, 0.717) is 17.0 Å². The number of methoxy groups -OCH3 is 1. The molecular weight excluding hydrogens is 430 g/mol. The number of rotatable bonds is 8. The summed E-state index contributed by atoms with van der Waals surface area (Å²) in [5, 5.41) is 15.4. The number of nitrogens with zero attached hydrogens (tertiary/aromatic N) is 2. The van der Waals surface area contributed by atoms with Crippen molar-refractivity contribution in [2.24, 2.45) is 0 Å². The number of nitrogens with one attached hydrogen (secondary N) is 1. The molecule has 0 atom stereocenters. The number of carbonyl (C=O) groups is 1. The topological polar surface area (TPSA) is 128 Å². The van der Waals surface area contributed by atoms with Gasteiger partial charge in [0.25, 0.3) is 5.69 Å². The highest BCUT2D eigenvalue weighted by atomic mass is 32.2. The predicted molar refractivity (Wildman–Crippen MR) is 112 cm³/mol. The number of nitro groups is 1. The van der Waals surface area contributed by atoms with Crippen LogP contribution >= 0.6 is 11.3 Å². The van der Waals surface area contributed by atoms with E-state index in [-0.39, 0.29) is 27.9 Å². The second-order valence-corrected chi connectivity index (χ2v) is 9.11. The first-order valence-electron chi connectivity index (χ1n) is 8.65. The van der Waals surface area contributed by atoms with Gasteiger partial charge in [-0.15, -0.1) is 11.3 Å². The van der Waals surface area contributed by atoms with E-state index in [1.165, 1.54) is 43.5 Å². The lowest BCUT2D eigenvalue weighted by Gasteiger charge is -2.06. The maximum Gasteiger partial charge on any atom is 0.270 e. The van der Waals surface area contributed by atoms with Gasteiger partial charge >= 0.3 is 0 Å². The fourth-order valence-electron chi connectivity index (χ4n) is 2.55. The van der Waals surface area contributed by atoms with Gasteiger partial charge in [-0.25, -0.2) is 13.4 Å². The number of ether oxygens (including phenoxy) is 1. The Morgan fingerprint density at radius 2 is 1.97 bits per heavy atom. The molecule has 11 heteroatoms. The molecule has 0 aliphatic heterocycles. The number of anilines is 1. The van der Waals surface area contributed by atoms with Gasteiger partial charge in [-0.1, -0.05) is 12.1 Å². The number of sulfone groups is 1. The molecule has 1 aromatic heterocycles. The van der Waals surface area contributed by atoms with E-state index in [1.54, 1.807) is 17.5 Å². The molecule has 0 saturated carbocycles. The lowest BCUT2D eigenvalue weighted by molar-refractivity contribution is -0.384. The monoisotopic (exact) mass is 447 g/mol. The van der Waals surface area contributed by atoms with E-state index in [1.807, 2.05) is 0 Å². The highest BCUT2D eigenvalue weighted by Crippen LogP contribution is 2.27. The summed E-state index contributed by atoms with van der Waals surface area (Å²) in [6.45, 7) is 0. The molecule has 0 aliphatic rings. The van der Waals surface area contributed by atoms with Crippen LogP contribution in [0.1, 0.15) is 6.42 Å². The SMILES string of the molecule is COc1ccc(S(=O)(=O)CCC(=O)Nc2nc(-c3cccc([N+](=O)[O-])c3)cs2)cc1. The van der Waals surface area contributed by atoms with E-state index in [0.717, 1.165) is 11.3 Å². The smallest absolute Gasteiger partial charge is 0.270 e. The van der Waals surface area contributed by atoms with E-state index < -0.39 is 20.7 Å². The van der Waals surface area contributed by atoms with Crippen LogP contribution in [0.25, 0.3) is 11.3 Å². The summed E-state index contributed by atoms with van der Waals surface area (Å²) in [6.07, 6.45) is -0.236. The molecule has 0 fully saturated rings. The summed E-state index contributed by atoms with van der Waals surface area (Å²) in [4.78, 5) is 26.9. The summed E-state index contributed by atoms with van der Waals surface area (Å²) >= 11 is 1.14. The highest BCUT2D eigenvalue weighted by molar-refractivity contribution is 7.91. The zero-order valence-electron chi connectivity index (χ0n) is 15.8. The van der Waals surface area contributed by atoms with Gasteiger partial charge in [-0.05, 0) is 24.3 Å². The van der Waals surface area contributed by atoms with Crippen LogP contribution in [0.15, 0.2) is 58.8 Å². The normalized spacial score (nSPS) is 11.1. The van der Waals surface area contributed by atoms with E-state index >= 15 is 0 Å². The number of hydrogen-bond donors (Lipinski definition) is 1. The van der Waals surface area contributed by atoms with Crippen LogP contribution in [0.4, 0.5) is 10.8 Å². The van der Waals surface area contributed by atoms with Crippen molar-refractivity contribution in [2.45, 2.75) is 11.3 Å². The van der Waals surface area contributed by atoms with Gasteiger partial charge in [0.05, 0.1) is 28.4 Å². The molecule has 3 rings (SSSR count). The van der Waals surface area contributed by atoms with Crippen LogP contribution in [0.2, 0.25) is 0 Å². The molecular formula is C19H17N3O6S2. The molecule has 0 spiro atoms. The van der Waals surface area contributed by atoms with Crippen LogP contribution in [-0.4, -0.2) is 37.1 Å². The third kappa shape index (κ3) is 5.19. The Balaban J connectivity index is 1.61. The summed E-state index contributed by atoms with van der Waals surface area (Å²) in [5.74, 6) is -0.309. The first kappa shape index (κ1) is 21.4. The summed E-state index contributed by atoms with van der Waals surface area (Å²) in [5.41, 5.74) is 0.961. The number of nitro benzene ring substituents is 1. The molecule has 9 nitrogen and oxygen atoms in total. The average molecular weight is 447 g/mol. The number of thiazole rings is 1. The van der Waals surface area contributed by atoms with E-state index in [9.17, 15) is 23.3 Å². The minimum absolute atomic E-state index is 0.0603. The maximum atomic E-state index is 12.4. The molecule has 1 heterocycles. The quantitative estimate of drug-likeness (QED) is 0.413. The van der Waals surface area contributed by atoms with Gasteiger partial charge < -0.3 is 10.1 Å². The number of aromatic nitrogens is 1. The zero-order valence-corrected chi connectivity index (χ0v) is 17.4. The molecule has 0 unspecified atom stereocenters. The van der Waals surface area contributed by atoms with Crippen LogP contribution in [0, 0.1) is 10.1 Å². The van der Waals surface area contributed by atoms with Gasteiger partial charge in [0.15, 0.2) is 15.0 Å². The lowest BCUT2D eigenvalue weighted by atomic mass is 10.1. The van der Waals surface area contributed by atoms with Crippen LogP contribution < -0.4 is 10.1 Å². The average Bonchev–Trinajstić information content (AvgIpc) is 3.21. The van der Waals surface area contributed by atoms with E-state index in [4.69, 9.17) is 4.74 Å². The Bertz CT molecular complexity index is 1170. The van der Waals surface area contributed by atoms with Crippen molar-refractivity contribution in [2.75, 3.05) is 18.2 Å². The molecule has 1 N–H and O–H groups in total. The van der Waals surface area contributed by atoms with Crippen molar-refractivity contribution < 1.29 is 22.9 Å². The third-order valence-corrected chi connectivity index (χ3v) is 6.61. The predicted octanol–water partition coefficient (Wildman–Crippen LogP) is 3.53. The molecule has 2 aromatic carbocycles. The van der Waals surface area contributed by atoms with Crippen molar-refractivity contribution in [1.29, 1.82) is 0 Å². The fourth-order valence-corrected chi connectivity index (χ4v) is 4.53. The third-order valence-electron chi connectivity index (χ3n) is 4.12. The van der Waals surface area contributed by atoms with Crippen LogP contribution in [-0.2, 0) is 14.6 Å².